The molecule has 4 nitrogen and oxygen atoms in total. The number of hydrogen-bond acceptors (Lipinski definition) is 4. The average Bonchev–Trinajstić information content (AvgIpc) is 2.84. The second-order valence-corrected chi connectivity index (χ2v) is 6.18. The van der Waals surface area contributed by atoms with Crippen LogP contribution in [0.15, 0.2) is 0 Å². The maximum absolute atomic E-state index is 9.59. The molecule has 1 fully saturated rings. The molecular weight excluding hydrogens is 164 g/mol. The molecule has 0 amide bonds. The molecule has 0 spiro atoms. The minimum absolute atomic E-state index is 0.0634. The summed E-state index contributed by atoms with van der Waals surface area (Å²) in [5.74, 6) is 0. The van der Waals surface area contributed by atoms with Crippen LogP contribution in [0.2, 0.25) is 6.55 Å². The van der Waals surface area contributed by atoms with Crippen molar-refractivity contribution in [1.29, 1.82) is 0 Å². The van der Waals surface area contributed by atoms with Crippen LogP contribution in [-0.4, -0.2) is 46.3 Å². The molecular formula is C6H14O4Si. The van der Waals surface area contributed by atoms with E-state index in [-0.39, 0.29) is 6.10 Å². The van der Waals surface area contributed by atoms with Gasteiger partial charge >= 0.3 is 8.56 Å². The fourth-order valence-electron chi connectivity index (χ4n) is 0.900. The summed E-state index contributed by atoms with van der Waals surface area (Å²) in [6, 6.07) is 0. The first-order chi connectivity index (χ1) is 5.14. The molecule has 2 unspecified atom stereocenters. The third-order valence-electron chi connectivity index (χ3n) is 2.06. The summed E-state index contributed by atoms with van der Waals surface area (Å²) in [5, 5.41) is 9.59. The third-order valence-corrected chi connectivity index (χ3v) is 5.13. The van der Waals surface area contributed by atoms with Crippen molar-refractivity contribution < 1.29 is 18.7 Å². The Morgan fingerprint density at radius 2 is 2.00 bits per heavy atom. The first kappa shape index (κ1) is 9.15. The van der Waals surface area contributed by atoms with Crippen LogP contribution in [0.4, 0.5) is 0 Å². The van der Waals surface area contributed by atoms with E-state index in [0.29, 0.717) is 6.61 Å². The predicted molar refractivity (Wildman–Crippen MR) is 41.4 cm³/mol. The normalized spacial score (nSPS) is 26.7. The minimum Gasteiger partial charge on any atom is -0.396 e. The van der Waals surface area contributed by atoms with Crippen LogP contribution in [-0.2, 0) is 13.6 Å². The lowest BCUT2D eigenvalue weighted by atomic mass is 10.5. The van der Waals surface area contributed by atoms with Gasteiger partial charge in [0.2, 0.25) is 0 Å². The minimum atomic E-state index is -2.37. The Morgan fingerprint density at radius 1 is 1.55 bits per heavy atom. The van der Waals surface area contributed by atoms with Gasteiger partial charge in [-0.25, -0.2) is 0 Å². The van der Waals surface area contributed by atoms with Crippen LogP contribution < -0.4 is 0 Å². The molecule has 1 heterocycles. The Bertz CT molecular complexity index is 133. The highest BCUT2D eigenvalue weighted by Crippen LogP contribution is 2.22. The Labute approximate surface area is 67.3 Å². The molecule has 66 valence electrons. The largest absolute Gasteiger partial charge is 0.396 e. The number of aliphatic hydroxyl groups is 1. The van der Waals surface area contributed by atoms with Crippen molar-refractivity contribution >= 4 is 8.56 Å². The molecule has 11 heavy (non-hydrogen) atoms. The number of ether oxygens (including phenoxy) is 1. The van der Waals surface area contributed by atoms with Crippen LogP contribution in [0.3, 0.4) is 0 Å². The highest BCUT2D eigenvalue weighted by molar-refractivity contribution is 6.67. The van der Waals surface area contributed by atoms with Crippen molar-refractivity contribution in [2.75, 3.05) is 20.8 Å². The van der Waals surface area contributed by atoms with E-state index in [9.17, 15) is 5.11 Å². The maximum atomic E-state index is 9.59. The van der Waals surface area contributed by atoms with Crippen LogP contribution in [0, 0.1) is 0 Å². The van der Waals surface area contributed by atoms with Gasteiger partial charge in [0.1, 0.15) is 11.8 Å². The molecule has 0 saturated carbocycles. The second kappa shape index (κ2) is 3.20. The lowest BCUT2D eigenvalue weighted by Crippen LogP contribution is -2.52. The molecule has 0 aromatic carbocycles. The molecule has 1 aliphatic rings. The quantitative estimate of drug-likeness (QED) is 0.472. The maximum Gasteiger partial charge on any atom is 0.366 e. The molecule has 0 radical (unpaired) electrons. The molecule has 1 aliphatic heterocycles. The van der Waals surface area contributed by atoms with Crippen molar-refractivity contribution in [2.24, 2.45) is 0 Å². The van der Waals surface area contributed by atoms with Crippen molar-refractivity contribution in [1.82, 2.24) is 0 Å². The van der Waals surface area contributed by atoms with Crippen molar-refractivity contribution in [3.8, 4) is 0 Å². The Kier molecular flexibility index (Phi) is 2.66. The van der Waals surface area contributed by atoms with E-state index in [1.54, 1.807) is 14.2 Å². The fraction of sp³-hybridized carbons (Fsp3) is 1.00. The van der Waals surface area contributed by atoms with Gasteiger partial charge in [0.15, 0.2) is 0 Å². The van der Waals surface area contributed by atoms with Gasteiger partial charge in [0, 0.05) is 14.2 Å². The summed E-state index contributed by atoms with van der Waals surface area (Å²) in [6.07, 6.45) is -0.0634. The smallest absolute Gasteiger partial charge is 0.366 e. The summed E-state index contributed by atoms with van der Waals surface area (Å²) in [6.45, 7) is 2.44. The number of hydrogen-bond donors (Lipinski definition) is 1. The fourth-order valence-corrected chi connectivity index (χ4v) is 2.42. The SMILES string of the molecule is CO[Si](C)(OC)C(O)C1CO1. The monoisotopic (exact) mass is 178 g/mol. The molecule has 0 bridgehead atoms. The van der Waals surface area contributed by atoms with Gasteiger partial charge in [0.05, 0.1) is 6.61 Å². The predicted octanol–water partition coefficient (Wildman–Crippen LogP) is -0.350. The van der Waals surface area contributed by atoms with Crippen molar-refractivity contribution in [3.05, 3.63) is 0 Å². The van der Waals surface area contributed by atoms with Crippen molar-refractivity contribution in [3.63, 3.8) is 0 Å². The zero-order valence-corrected chi connectivity index (χ0v) is 8.03. The first-order valence-corrected chi connectivity index (χ1v) is 5.93. The summed E-state index contributed by atoms with van der Waals surface area (Å²) < 4.78 is 15.2. The number of aliphatic hydroxyl groups excluding tert-OH is 1. The zero-order valence-electron chi connectivity index (χ0n) is 7.03. The highest BCUT2D eigenvalue weighted by atomic mass is 28.4. The number of rotatable bonds is 4. The van der Waals surface area contributed by atoms with E-state index in [2.05, 4.69) is 0 Å². The van der Waals surface area contributed by atoms with Gasteiger partial charge in [-0.3, -0.25) is 0 Å². The van der Waals surface area contributed by atoms with Gasteiger partial charge < -0.3 is 18.7 Å². The van der Waals surface area contributed by atoms with Crippen LogP contribution in [0.1, 0.15) is 0 Å². The average molecular weight is 178 g/mol. The Morgan fingerprint density at radius 3 is 2.27 bits per heavy atom. The lowest BCUT2D eigenvalue weighted by Gasteiger charge is -2.26. The Balaban J connectivity index is 2.51. The van der Waals surface area contributed by atoms with Gasteiger partial charge in [-0.05, 0) is 6.55 Å². The van der Waals surface area contributed by atoms with E-state index in [4.69, 9.17) is 13.6 Å². The lowest BCUT2D eigenvalue weighted by molar-refractivity contribution is 0.122. The van der Waals surface area contributed by atoms with Gasteiger partial charge in [0.25, 0.3) is 0 Å². The highest BCUT2D eigenvalue weighted by Gasteiger charge is 2.48. The van der Waals surface area contributed by atoms with Crippen LogP contribution >= 0.6 is 0 Å². The molecule has 1 rings (SSSR count). The summed E-state index contributed by atoms with van der Waals surface area (Å²) in [5.41, 5.74) is -0.572. The summed E-state index contributed by atoms with van der Waals surface area (Å²) in [7, 11) is 0.743. The van der Waals surface area contributed by atoms with Gasteiger partial charge in [-0.15, -0.1) is 0 Å². The van der Waals surface area contributed by atoms with Crippen LogP contribution in [0.5, 0.6) is 0 Å². The molecule has 0 aromatic heterocycles. The van der Waals surface area contributed by atoms with E-state index in [1.165, 1.54) is 0 Å². The number of epoxide rings is 1. The van der Waals surface area contributed by atoms with Crippen LogP contribution in [0.25, 0.3) is 0 Å². The molecule has 0 aromatic rings. The molecule has 0 aliphatic carbocycles. The molecule has 1 N–H and O–H groups in total. The van der Waals surface area contributed by atoms with E-state index in [0.717, 1.165) is 0 Å². The first-order valence-electron chi connectivity index (χ1n) is 3.54. The Hall–Kier alpha value is 0.0569. The molecule has 1 saturated heterocycles. The second-order valence-electron chi connectivity index (χ2n) is 2.74. The van der Waals surface area contributed by atoms with E-state index < -0.39 is 14.3 Å². The zero-order chi connectivity index (χ0) is 8.48. The third kappa shape index (κ3) is 1.80. The summed E-state index contributed by atoms with van der Waals surface area (Å²) in [4.78, 5) is 0. The van der Waals surface area contributed by atoms with E-state index >= 15 is 0 Å². The van der Waals surface area contributed by atoms with Gasteiger partial charge in [-0.1, -0.05) is 0 Å². The molecule has 5 heteroatoms. The summed E-state index contributed by atoms with van der Waals surface area (Å²) >= 11 is 0. The molecule has 2 atom stereocenters. The van der Waals surface area contributed by atoms with Gasteiger partial charge in [-0.2, -0.15) is 0 Å². The topological polar surface area (TPSA) is 51.2 Å². The van der Waals surface area contributed by atoms with E-state index in [1.807, 2.05) is 6.55 Å². The van der Waals surface area contributed by atoms with Crippen molar-refractivity contribution in [2.45, 2.75) is 18.4 Å². The standard InChI is InChI=1S/C6H14O4Si/c1-8-11(3,9-2)6(7)5-4-10-5/h5-7H,4H2,1-3H3.